The Labute approximate surface area is 96.6 Å². The predicted octanol–water partition coefficient (Wildman–Crippen LogP) is 2.19. The van der Waals surface area contributed by atoms with Gasteiger partial charge >= 0.3 is 6.09 Å². The maximum absolute atomic E-state index is 10.8. The number of nitrogens with zero attached hydrogens (tertiary/aromatic N) is 1. The Morgan fingerprint density at radius 3 is 2.25 bits per heavy atom. The second-order valence-electron chi connectivity index (χ2n) is 6.19. The molecule has 0 aromatic rings. The first kappa shape index (κ1) is 11.7. The predicted molar refractivity (Wildman–Crippen MR) is 60.5 cm³/mol. The second-order valence-corrected chi connectivity index (χ2v) is 6.19. The van der Waals surface area contributed by atoms with Gasteiger partial charge in [-0.3, -0.25) is 0 Å². The van der Waals surface area contributed by atoms with Gasteiger partial charge in [0, 0.05) is 18.5 Å². The largest absolute Gasteiger partial charge is 0.465 e. The average Bonchev–Trinajstić information content (AvgIpc) is 2.13. The van der Waals surface area contributed by atoms with E-state index in [9.17, 15) is 4.79 Å². The van der Waals surface area contributed by atoms with Crippen molar-refractivity contribution in [1.29, 1.82) is 0 Å². The highest BCUT2D eigenvalue weighted by Crippen LogP contribution is 2.50. The van der Waals surface area contributed by atoms with Crippen molar-refractivity contribution in [2.45, 2.75) is 39.7 Å². The fourth-order valence-electron chi connectivity index (χ4n) is 3.12. The van der Waals surface area contributed by atoms with Crippen LogP contribution in [-0.4, -0.2) is 41.9 Å². The summed E-state index contributed by atoms with van der Waals surface area (Å²) in [5.41, 5.74) is 0.397. The minimum atomic E-state index is -0.789. The molecule has 0 saturated carbocycles. The van der Waals surface area contributed by atoms with Crippen LogP contribution in [0.2, 0.25) is 0 Å². The van der Waals surface area contributed by atoms with Gasteiger partial charge in [0.05, 0.1) is 12.7 Å². The lowest BCUT2D eigenvalue weighted by molar-refractivity contribution is -0.243. The van der Waals surface area contributed by atoms with Gasteiger partial charge < -0.3 is 14.7 Å². The van der Waals surface area contributed by atoms with Gasteiger partial charge in [-0.25, -0.2) is 4.79 Å². The number of carboxylic acid groups (broad SMARTS) is 1. The Morgan fingerprint density at radius 1 is 1.38 bits per heavy atom. The zero-order valence-electron chi connectivity index (χ0n) is 10.3. The lowest BCUT2D eigenvalue weighted by atomic mass is 9.63. The maximum atomic E-state index is 10.8. The van der Waals surface area contributed by atoms with Crippen LogP contribution in [0.25, 0.3) is 0 Å². The van der Waals surface area contributed by atoms with Gasteiger partial charge in [0.2, 0.25) is 0 Å². The van der Waals surface area contributed by atoms with E-state index >= 15 is 0 Å². The standard InChI is InChI=1S/C12H21NO3/c1-11(2,3)9-12(8-16-9)4-6-13(7-5-12)10(14)15/h9H,4-8H2,1-3H3,(H,14,15). The molecule has 2 aliphatic heterocycles. The minimum absolute atomic E-state index is 0.156. The van der Waals surface area contributed by atoms with Crippen molar-refractivity contribution < 1.29 is 14.6 Å². The molecule has 2 rings (SSSR count). The van der Waals surface area contributed by atoms with Crippen molar-refractivity contribution in [2.24, 2.45) is 10.8 Å². The van der Waals surface area contributed by atoms with Gasteiger partial charge in [-0.05, 0) is 18.3 Å². The molecule has 2 saturated heterocycles. The highest BCUT2D eigenvalue weighted by Gasteiger charge is 2.54. The molecule has 1 N–H and O–H groups in total. The second kappa shape index (κ2) is 3.62. The van der Waals surface area contributed by atoms with E-state index in [2.05, 4.69) is 20.8 Å². The van der Waals surface area contributed by atoms with Crippen molar-refractivity contribution >= 4 is 6.09 Å². The molecule has 1 unspecified atom stereocenters. The first-order valence-corrected chi connectivity index (χ1v) is 5.95. The summed E-state index contributed by atoms with van der Waals surface area (Å²) < 4.78 is 5.72. The number of likely N-dealkylation sites (tertiary alicyclic amines) is 1. The van der Waals surface area contributed by atoms with Gasteiger partial charge in [-0.15, -0.1) is 0 Å². The van der Waals surface area contributed by atoms with Crippen LogP contribution in [0.4, 0.5) is 4.79 Å². The fraction of sp³-hybridized carbons (Fsp3) is 0.917. The molecule has 4 nitrogen and oxygen atoms in total. The molecule has 2 aliphatic rings. The van der Waals surface area contributed by atoms with Crippen LogP contribution in [0.3, 0.4) is 0 Å². The first-order valence-electron chi connectivity index (χ1n) is 5.95. The number of rotatable bonds is 0. The quantitative estimate of drug-likeness (QED) is 0.690. The number of amides is 1. The summed E-state index contributed by atoms with van der Waals surface area (Å²) in [6.07, 6.45) is 1.39. The van der Waals surface area contributed by atoms with Gasteiger partial charge in [-0.2, -0.15) is 0 Å². The van der Waals surface area contributed by atoms with E-state index in [4.69, 9.17) is 9.84 Å². The Morgan fingerprint density at radius 2 is 1.94 bits per heavy atom. The molecule has 92 valence electrons. The van der Waals surface area contributed by atoms with Gasteiger partial charge in [-0.1, -0.05) is 20.8 Å². The molecule has 2 fully saturated rings. The molecule has 0 aliphatic carbocycles. The molecular weight excluding hydrogens is 206 g/mol. The number of carbonyl (C=O) groups is 1. The highest BCUT2D eigenvalue weighted by atomic mass is 16.5. The lowest BCUT2D eigenvalue weighted by Gasteiger charge is -2.57. The summed E-state index contributed by atoms with van der Waals surface area (Å²) in [7, 11) is 0. The SMILES string of the molecule is CC(C)(C)C1OCC12CCN(C(=O)O)CC2. The number of hydrogen-bond acceptors (Lipinski definition) is 2. The smallest absolute Gasteiger partial charge is 0.407 e. The van der Waals surface area contributed by atoms with E-state index < -0.39 is 6.09 Å². The van der Waals surface area contributed by atoms with Crippen LogP contribution >= 0.6 is 0 Å². The molecule has 0 aromatic heterocycles. The summed E-state index contributed by atoms with van der Waals surface area (Å²) >= 11 is 0. The van der Waals surface area contributed by atoms with Crippen LogP contribution in [0.1, 0.15) is 33.6 Å². The maximum Gasteiger partial charge on any atom is 0.407 e. The van der Waals surface area contributed by atoms with Crippen molar-refractivity contribution in [3.63, 3.8) is 0 Å². The zero-order chi connectivity index (χ0) is 12.0. The summed E-state index contributed by atoms with van der Waals surface area (Å²) in [5, 5.41) is 8.92. The van der Waals surface area contributed by atoms with E-state index in [1.165, 1.54) is 4.90 Å². The molecule has 1 spiro atoms. The Kier molecular flexibility index (Phi) is 2.65. The van der Waals surface area contributed by atoms with E-state index in [1.54, 1.807) is 0 Å². The highest BCUT2D eigenvalue weighted by molar-refractivity contribution is 5.65. The van der Waals surface area contributed by atoms with Crippen molar-refractivity contribution in [1.82, 2.24) is 4.90 Å². The molecule has 0 radical (unpaired) electrons. The first-order chi connectivity index (χ1) is 7.35. The molecule has 1 amide bonds. The topological polar surface area (TPSA) is 49.8 Å². The number of hydrogen-bond donors (Lipinski definition) is 1. The normalized spacial score (nSPS) is 28.9. The van der Waals surface area contributed by atoms with E-state index in [-0.39, 0.29) is 16.9 Å². The summed E-state index contributed by atoms with van der Waals surface area (Å²) in [6.45, 7) is 8.71. The molecule has 1 atom stereocenters. The third kappa shape index (κ3) is 1.79. The Hall–Kier alpha value is -0.770. The number of ether oxygens (including phenoxy) is 1. The summed E-state index contributed by atoms with van der Waals surface area (Å²) in [5.74, 6) is 0. The third-order valence-corrected chi connectivity index (χ3v) is 3.91. The fourth-order valence-corrected chi connectivity index (χ4v) is 3.12. The van der Waals surface area contributed by atoms with Gasteiger partial charge in [0.15, 0.2) is 0 Å². The molecular formula is C12H21NO3. The monoisotopic (exact) mass is 227 g/mol. The summed E-state index contributed by atoms with van der Waals surface area (Å²) in [6, 6.07) is 0. The molecule has 2 heterocycles. The van der Waals surface area contributed by atoms with Crippen LogP contribution in [0.15, 0.2) is 0 Å². The molecule has 4 heteroatoms. The van der Waals surface area contributed by atoms with Crippen molar-refractivity contribution in [2.75, 3.05) is 19.7 Å². The Balaban J connectivity index is 2.00. The van der Waals surface area contributed by atoms with Crippen LogP contribution < -0.4 is 0 Å². The third-order valence-electron chi connectivity index (χ3n) is 3.91. The average molecular weight is 227 g/mol. The summed E-state index contributed by atoms with van der Waals surface area (Å²) in [4.78, 5) is 12.4. The van der Waals surface area contributed by atoms with Crippen molar-refractivity contribution in [3.8, 4) is 0 Å². The molecule has 0 bridgehead atoms. The number of piperidine rings is 1. The van der Waals surface area contributed by atoms with Gasteiger partial charge in [0.1, 0.15) is 0 Å². The molecule has 16 heavy (non-hydrogen) atoms. The van der Waals surface area contributed by atoms with E-state index in [0.717, 1.165) is 19.4 Å². The molecule has 0 aromatic carbocycles. The van der Waals surface area contributed by atoms with Gasteiger partial charge in [0.25, 0.3) is 0 Å². The zero-order valence-corrected chi connectivity index (χ0v) is 10.3. The van der Waals surface area contributed by atoms with Crippen LogP contribution in [0.5, 0.6) is 0 Å². The van der Waals surface area contributed by atoms with Crippen molar-refractivity contribution in [3.05, 3.63) is 0 Å². The minimum Gasteiger partial charge on any atom is -0.465 e. The van der Waals surface area contributed by atoms with Crippen LogP contribution in [-0.2, 0) is 4.74 Å². The Bertz CT molecular complexity index is 287. The van der Waals surface area contributed by atoms with E-state index in [1.807, 2.05) is 0 Å². The van der Waals surface area contributed by atoms with Crippen LogP contribution in [0, 0.1) is 10.8 Å². The lowest BCUT2D eigenvalue weighted by Crippen LogP contribution is -2.62. The van der Waals surface area contributed by atoms with E-state index in [0.29, 0.717) is 13.1 Å².